The van der Waals surface area contributed by atoms with Crippen molar-refractivity contribution in [1.82, 2.24) is 0 Å². The molecule has 2 aromatic carbocycles. The van der Waals surface area contributed by atoms with Gasteiger partial charge in [-0.15, -0.1) is 6.42 Å². The maximum Gasteiger partial charge on any atom is 0.338 e. The van der Waals surface area contributed by atoms with Gasteiger partial charge in [0.1, 0.15) is 24.0 Å². The Kier molecular flexibility index (Phi) is 7.39. The molecule has 0 spiro atoms. The average Bonchev–Trinajstić information content (AvgIpc) is 2.72. The van der Waals surface area contributed by atoms with E-state index in [0.29, 0.717) is 22.6 Å². The van der Waals surface area contributed by atoms with Gasteiger partial charge < -0.3 is 14.8 Å². The fourth-order valence-electron chi connectivity index (χ4n) is 2.20. The zero-order valence-electron chi connectivity index (χ0n) is 15.3. The van der Waals surface area contributed by atoms with Gasteiger partial charge in [-0.1, -0.05) is 18.1 Å². The number of hydrogen-bond donors (Lipinski definition) is 1. The quantitative estimate of drug-likeness (QED) is 0.347. The number of amides is 1. The van der Waals surface area contributed by atoms with E-state index in [1.807, 2.05) is 6.07 Å². The SMILES string of the molecule is C#CCOc1ccc(/C=C(/C#N)C(=O)Nc2ccc(C(=O)OCC)cc2)cc1. The topological polar surface area (TPSA) is 88.4 Å². The Morgan fingerprint density at radius 1 is 1.14 bits per heavy atom. The molecular formula is C22H18N2O4. The van der Waals surface area contributed by atoms with Crippen LogP contribution in [0.25, 0.3) is 6.08 Å². The number of hydrogen-bond acceptors (Lipinski definition) is 5. The van der Waals surface area contributed by atoms with Gasteiger partial charge in [0, 0.05) is 5.69 Å². The molecule has 0 fully saturated rings. The summed E-state index contributed by atoms with van der Waals surface area (Å²) in [4.78, 5) is 24.0. The van der Waals surface area contributed by atoms with Gasteiger partial charge in [-0.3, -0.25) is 4.79 Å². The van der Waals surface area contributed by atoms with Crippen molar-refractivity contribution in [2.75, 3.05) is 18.5 Å². The van der Waals surface area contributed by atoms with E-state index < -0.39 is 11.9 Å². The molecule has 0 saturated carbocycles. The van der Waals surface area contributed by atoms with Gasteiger partial charge >= 0.3 is 5.97 Å². The average molecular weight is 374 g/mol. The summed E-state index contributed by atoms with van der Waals surface area (Å²) in [5.41, 5.74) is 1.43. The Morgan fingerprint density at radius 3 is 2.39 bits per heavy atom. The molecule has 0 saturated heterocycles. The van der Waals surface area contributed by atoms with Crippen LogP contribution < -0.4 is 10.1 Å². The molecule has 28 heavy (non-hydrogen) atoms. The van der Waals surface area contributed by atoms with Gasteiger partial charge in [-0.25, -0.2) is 4.79 Å². The summed E-state index contributed by atoms with van der Waals surface area (Å²) < 4.78 is 10.2. The number of nitriles is 1. The van der Waals surface area contributed by atoms with Crippen molar-refractivity contribution in [2.45, 2.75) is 6.92 Å². The van der Waals surface area contributed by atoms with Crippen molar-refractivity contribution >= 4 is 23.6 Å². The number of terminal acetylenes is 1. The smallest absolute Gasteiger partial charge is 0.338 e. The molecule has 6 nitrogen and oxygen atoms in total. The fraction of sp³-hybridized carbons (Fsp3) is 0.136. The molecule has 0 atom stereocenters. The van der Waals surface area contributed by atoms with Crippen molar-refractivity contribution in [2.24, 2.45) is 0 Å². The van der Waals surface area contributed by atoms with Gasteiger partial charge in [0.15, 0.2) is 0 Å². The highest BCUT2D eigenvalue weighted by Crippen LogP contribution is 2.16. The lowest BCUT2D eigenvalue weighted by atomic mass is 10.1. The van der Waals surface area contributed by atoms with Crippen molar-refractivity contribution in [3.63, 3.8) is 0 Å². The molecule has 0 heterocycles. The molecule has 0 aromatic heterocycles. The van der Waals surface area contributed by atoms with Gasteiger partial charge in [-0.05, 0) is 55.0 Å². The van der Waals surface area contributed by atoms with Crippen LogP contribution in [0.2, 0.25) is 0 Å². The maximum atomic E-state index is 12.3. The second kappa shape index (κ2) is 10.2. The molecule has 0 aliphatic rings. The lowest BCUT2D eigenvalue weighted by molar-refractivity contribution is -0.112. The van der Waals surface area contributed by atoms with E-state index in [-0.39, 0.29) is 18.8 Å². The van der Waals surface area contributed by atoms with E-state index in [1.54, 1.807) is 43.3 Å². The second-order valence-electron chi connectivity index (χ2n) is 5.48. The van der Waals surface area contributed by atoms with Gasteiger partial charge in [0.25, 0.3) is 5.91 Å². The first-order chi connectivity index (χ1) is 13.6. The summed E-state index contributed by atoms with van der Waals surface area (Å²) >= 11 is 0. The number of benzene rings is 2. The van der Waals surface area contributed by atoms with Gasteiger partial charge in [-0.2, -0.15) is 5.26 Å². The van der Waals surface area contributed by atoms with Gasteiger partial charge in [0.05, 0.1) is 12.2 Å². The zero-order chi connectivity index (χ0) is 20.4. The zero-order valence-corrected chi connectivity index (χ0v) is 15.3. The lowest BCUT2D eigenvalue weighted by Gasteiger charge is -2.06. The van der Waals surface area contributed by atoms with Crippen LogP contribution in [-0.2, 0) is 9.53 Å². The molecule has 0 unspecified atom stereocenters. The molecule has 0 radical (unpaired) electrons. The Labute approximate surface area is 163 Å². The van der Waals surface area contributed by atoms with Crippen LogP contribution in [0.3, 0.4) is 0 Å². The molecule has 2 rings (SSSR count). The minimum Gasteiger partial charge on any atom is -0.481 e. The Morgan fingerprint density at radius 2 is 1.82 bits per heavy atom. The first-order valence-corrected chi connectivity index (χ1v) is 8.44. The number of nitrogens with zero attached hydrogens (tertiary/aromatic N) is 1. The number of ether oxygens (including phenoxy) is 2. The van der Waals surface area contributed by atoms with E-state index in [4.69, 9.17) is 15.9 Å². The molecule has 140 valence electrons. The number of rotatable bonds is 7. The van der Waals surface area contributed by atoms with Crippen LogP contribution >= 0.6 is 0 Å². The second-order valence-corrected chi connectivity index (χ2v) is 5.48. The first-order valence-electron chi connectivity index (χ1n) is 8.44. The normalized spacial score (nSPS) is 10.3. The van der Waals surface area contributed by atoms with E-state index in [9.17, 15) is 14.9 Å². The predicted octanol–water partition coefficient (Wildman–Crippen LogP) is 3.42. The van der Waals surface area contributed by atoms with Crippen LogP contribution in [0.1, 0.15) is 22.8 Å². The number of carbonyl (C=O) groups excluding carboxylic acids is 2. The summed E-state index contributed by atoms with van der Waals surface area (Å²) in [6.07, 6.45) is 6.60. The highest BCUT2D eigenvalue weighted by molar-refractivity contribution is 6.09. The fourth-order valence-corrected chi connectivity index (χ4v) is 2.20. The molecule has 0 bridgehead atoms. The number of esters is 1. The standard InChI is InChI=1S/C22H18N2O4/c1-3-13-28-20-11-5-16(6-12-20)14-18(15-23)21(25)24-19-9-7-17(8-10-19)22(26)27-4-2/h1,5-12,14H,4,13H2,2H3,(H,24,25)/b18-14-. The maximum absolute atomic E-state index is 12.3. The third kappa shape index (κ3) is 5.76. The van der Waals surface area contributed by atoms with Gasteiger partial charge in [0.2, 0.25) is 0 Å². The Hall–Kier alpha value is -4.03. The lowest BCUT2D eigenvalue weighted by Crippen LogP contribution is -2.13. The summed E-state index contributed by atoms with van der Waals surface area (Å²) in [5.74, 6) is 1.97. The number of carbonyl (C=O) groups is 2. The minimum atomic E-state index is -0.556. The van der Waals surface area contributed by atoms with Crippen LogP contribution in [-0.4, -0.2) is 25.1 Å². The van der Waals surface area contributed by atoms with Crippen LogP contribution in [0.15, 0.2) is 54.1 Å². The van der Waals surface area contributed by atoms with Crippen LogP contribution in [0, 0.1) is 23.7 Å². The third-order valence-corrected chi connectivity index (χ3v) is 3.53. The van der Waals surface area contributed by atoms with Crippen LogP contribution in [0.5, 0.6) is 5.75 Å². The molecule has 6 heteroatoms. The molecule has 1 amide bonds. The number of anilines is 1. The first kappa shape index (κ1) is 20.3. The molecule has 0 aliphatic carbocycles. The molecular weight excluding hydrogens is 356 g/mol. The molecule has 0 aliphatic heterocycles. The Bertz CT molecular complexity index is 946. The third-order valence-electron chi connectivity index (χ3n) is 3.53. The Balaban J connectivity index is 2.07. The molecule has 1 N–H and O–H groups in total. The molecule has 2 aromatic rings. The van der Waals surface area contributed by atoms with E-state index >= 15 is 0 Å². The largest absolute Gasteiger partial charge is 0.481 e. The van der Waals surface area contributed by atoms with E-state index in [1.165, 1.54) is 18.2 Å². The minimum absolute atomic E-state index is 0.0632. The highest BCUT2D eigenvalue weighted by Gasteiger charge is 2.11. The predicted molar refractivity (Wildman–Crippen MR) is 105 cm³/mol. The number of nitrogens with one attached hydrogen (secondary N) is 1. The highest BCUT2D eigenvalue weighted by atomic mass is 16.5. The summed E-state index contributed by atoms with van der Waals surface area (Å²) in [6, 6.07) is 14.9. The van der Waals surface area contributed by atoms with Crippen LogP contribution in [0.4, 0.5) is 5.69 Å². The van der Waals surface area contributed by atoms with Crippen molar-refractivity contribution < 1.29 is 19.1 Å². The monoisotopic (exact) mass is 374 g/mol. The van der Waals surface area contributed by atoms with Crippen molar-refractivity contribution in [3.8, 4) is 24.2 Å². The van der Waals surface area contributed by atoms with Crippen molar-refractivity contribution in [3.05, 3.63) is 65.2 Å². The van der Waals surface area contributed by atoms with E-state index in [0.717, 1.165) is 0 Å². The summed E-state index contributed by atoms with van der Waals surface area (Å²) in [6.45, 7) is 2.17. The summed E-state index contributed by atoms with van der Waals surface area (Å²) in [7, 11) is 0. The van der Waals surface area contributed by atoms with Crippen molar-refractivity contribution in [1.29, 1.82) is 5.26 Å². The summed E-state index contributed by atoms with van der Waals surface area (Å²) in [5, 5.41) is 11.9. The van der Waals surface area contributed by atoms with E-state index in [2.05, 4.69) is 11.2 Å².